The maximum Gasteiger partial charge on any atom is 0.154 e. The van der Waals surface area contributed by atoms with Crippen molar-refractivity contribution in [1.82, 2.24) is 9.97 Å². The minimum atomic E-state index is -2.95. The Labute approximate surface area is 119 Å². The van der Waals surface area contributed by atoms with Crippen LogP contribution in [-0.2, 0) is 9.84 Å². The highest BCUT2D eigenvalue weighted by atomic mass is 32.2. The lowest BCUT2D eigenvalue weighted by Gasteiger charge is -2.18. The van der Waals surface area contributed by atoms with Gasteiger partial charge >= 0.3 is 0 Å². The molecular formula is C12H21N5O2S. The zero-order valence-corrected chi connectivity index (χ0v) is 12.6. The van der Waals surface area contributed by atoms with Crippen molar-refractivity contribution in [3.8, 4) is 0 Å². The second-order valence-corrected chi connectivity index (χ2v) is 7.70. The van der Waals surface area contributed by atoms with Crippen molar-refractivity contribution in [3.63, 3.8) is 0 Å². The molecule has 0 spiro atoms. The lowest BCUT2D eigenvalue weighted by atomic mass is 10.0. The number of hydrogen-bond donors (Lipinski definition) is 3. The zero-order valence-electron chi connectivity index (χ0n) is 11.8. The van der Waals surface area contributed by atoms with E-state index < -0.39 is 9.84 Å². The van der Waals surface area contributed by atoms with Crippen LogP contribution in [0.2, 0.25) is 0 Å². The van der Waals surface area contributed by atoms with Crippen molar-refractivity contribution < 1.29 is 8.42 Å². The Morgan fingerprint density at radius 1 is 1.40 bits per heavy atom. The van der Waals surface area contributed by atoms with E-state index in [1.165, 1.54) is 6.33 Å². The van der Waals surface area contributed by atoms with Crippen molar-refractivity contribution in [3.05, 3.63) is 11.9 Å². The molecule has 0 aliphatic carbocycles. The molecule has 2 heterocycles. The van der Waals surface area contributed by atoms with E-state index in [2.05, 4.69) is 20.7 Å². The maximum atomic E-state index is 11.8. The fourth-order valence-corrected chi connectivity index (χ4v) is 4.26. The summed E-state index contributed by atoms with van der Waals surface area (Å²) in [5, 5.41) is 2.81. The van der Waals surface area contributed by atoms with E-state index in [9.17, 15) is 8.42 Å². The minimum Gasteiger partial charge on any atom is -0.368 e. The molecule has 1 aliphatic rings. The van der Waals surface area contributed by atoms with Crippen molar-refractivity contribution in [2.45, 2.75) is 37.9 Å². The fraction of sp³-hybridized carbons (Fsp3) is 0.667. The molecule has 1 aromatic heterocycles. The largest absolute Gasteiger partial charge is 0.368 e. The number of rotatable bonds is 5. The van der Waals surface area contributed by atoms with Crippen LogP contribution in [0.4, 0.5) is 11.6 Å². The highest BCUT2D eigenvalue weighted by molar-refractivity contribution is 7.92. The summed E-state index contributed by atoms with van der Waals surface area (Å²) in [7, 11) is -2.95. The molecule has 1 atom stereocenters. The SMILES string of the molecule is CC(C)c1c(NN)ncnc1NCC1CCCS1(=O)=O. The number of aromatic nitrogens is 2. The third kappa shape index (κ3) is 3.01. The number of hydrazine groups is 1. The van der Waals surface area contributed by atoms with Crippen LogP contribution in [0, 0.1) is 0 Å². The first-order valence-electron chi connectivity index (χ1n) is 6.72. The Morgan fingerprint density at radius 3 is 2.65 bits per heavy atom. The van der Waals surface area contributed by atoms with Crippen molar-refractivity contribution in [2.75, 3.05) is 23.0 Å². The number of nitrogens with two attached hydrogens (primary N) is 1. The normalized spacial score (nSPS) is 21.1. The van der Waals surface area contributed by atoms with E-state index in [4.69, 9.17) is 5.84 Å². The predicted molar refractivity (Wildman–Crippen MR) is 79.2 cm³/mol. The van der Waals surface area contributed by atoms with E-state index in [1.54, 1.807) is 0 Å². The van der Waals surface area contributed by atoms with Crippen molar-refractivity contribution in [2.24, 2.45) is 5.84 Å². The Balaban J connectivity index is 2.17. The number of nitrogens with one attached hydrogen (secondary N) is 2. The van der Waals surface area contributed by atoms with Gasteiger partial charge in [-0.05, 0) is 18.8 Å². The van der Waals surface area contributed by atoms with Crippen LogP contribution in [0.3, 0.4) is 0 Å². The monoisotopic (exact) mass is 299 g/mol. The molecule has 1 fully saturated rings. The van der Waals surface area contributed by atoms with Crippen LogP contribution >= 0.6 is 0 Å². The summed E-state index contributed by atoms with van der Waals surface area (Å²) >= 11 is 0. The summed E-state index contributed by atoms with van der Waals surface area (Å²) in [5.74, 6) is 7.12. The Kier molecular flexibility index (Phi) is 4.44. The topological polar surface area (TPSA) is 110 Å². The van der Waals surface area contributed by atoms with Gasteiger partial charge in [0.25, 0.3) is 0 Å². The Bertz CT molecular complexity index is 573. The van der Waals surface area contributed by atoms with E-state index in [1.807, 2.05) is 13.8 Å². The molecule has 1 aliphatic heterocycles. The molecule has 8 heteroatoms. The molecule has 1 saturated heterocycles. The molecule has 20 heavy (non-hydrogen) atoms. The third-order valence-corrected chi connectivity index (χ3v) is 5.83. The zero-order chi connectivity index (χ0) is 14.8. The predicted octanol–water partition coefficient (Wildman–Crippen LogP) is 0.875. The highest BCUT2D eigenvalue weighted by Gasteiger charge is 2.31. The summed E-state index contributed by atoms with van der Waals surface area (Å²) in [6.45, 7) is 4.40. The van der Waals surface area contributed by atoms with Gasteiger partial charge in [-0.25, -0.2) is 24.2 Å². The van der Waals surface area contributed by atoms with Gasteiger partial charge in [-0.3, -0.25) is 0 Å². The van der Waals surface area contributed by atoms with Gasteiger partial charge in [-0.15, -0.1) is 0 Å². The smallest absolute Gasteiger partial charge is 0.154 e. The highest BCUT2D eigenvalue weighted by Crippen LogP contribution is 2.28. The molecule has 0 amide bonds. The summed E-state index contributed by atoms with van der Waals surface area (Å²) < 4.78 is 23.6. The van der Waals surface area contributed by atoms with Gasteiger partial charge in [0.05, 0.1) is 11.0 Å². The van der Waals surface area contributed by atoms with Gasteiger partial charge in [0.1, 0.15) is 18.0 Å². The summed E-state index contributed by atoms with van der Waals surface area (Å²) in [5.41, 5.74) is 3.42. The van der Waals surface area contributed by atoms with E-state index in [0.717, 1.165) is 12.0 Å². The average Bonchev–Trinajstić information content (AvgIpc) is 2.74. The lowest BCUT2D eigenvalue weighted by molar-refractivity contribution is 0.591. The molecular weight excluding hydrogens is 278 g/mol. The molecule has 1 aromatic rings. The molecule has 1 unspecified atom stereocenters. The molecule has 112 valence electrons. The van der Waals surface area contributed by atoms with Crippen LogP contribution in [0.25, 0.3) is 0 Å². The first-order valence-corrected chi connectivity index (χ1v) is 8.44. The molecule has 0 saturated carbocycles. The minimum absolute atomic E-state index is 0.171. The molecule has 2 rings (SSSR count). The van der Waals surface area contributed by atoms with Crippen LogP contribution < -0.4 is 16.6 Å². The molecule has 0 radical (unpaired) electrons. The molecule has 7 nitrogen and oxygen atoms in total. The quantitative estimate of drug-likeness (QED) is 0.546. The first kappa shape index (κ1) is 15.0. The second-order valence-electron chi connectivity index (χ2n) is 5.30. The van der Waals surface area contributed by atoms with Gasteiger partial charge < -0.3 is 10.7 Å². The summed E-state index contributed by atoms with van der Waals surface area (Å²) in [6, 6.07) is 0. The third-order valence-electron chi connectivity index (χ3n) is 3.56. The number of sulfone groups is 1. The standard InChI is InChI=1S/C12H21N5O2S/c1-8(2)10-11(15-7-16-12(10)17-13)14-6-9-4-3-5-20(9,18)19/h7-9H,3-6,13H2,1-2H3,(H2,14,15,16,17). The maximum absolute atomic E-state index is 11.8. The average molecular weight is 299 g/mol. The van der Waals surface area contributed by atoms with Gasteiger partial charge in [-0.2, -0.15) is 0 Å². The number of nitrogen functional groups attached to an aromatic ring is 1. The summed E-state index contributed by atoms with van der Waals surface area (Å²) in [6.07, 6.45) is 2.86. The van der Waals surface area contributed by atoms with Gasteiger partial charge in [-0.1, -0.05) is 13.8 Å². The van der Waals surface area contributed by atoms with Crippen LogP contribution in [0.1, 0.15) is 38.2 Å². The van der Waals surface area contributed by atoms with Crippen LogP contribution in [0.15, 0.2) is 6.33 Å². The van der Waals surface area contributed by atoms with Crippen molar-refractivity contribution in [1.29, 1.82) is 0 Å². The fourth-order valence-electron chi connectivity index (χ4n) is 2.50. The van der Waals surface area contributed by atoms with Gasteiger partial charge in [0.15, 0.2) is 9.84 Å². The van der Waals surface area contributed by atoms with E-state index in [-0.39, 0.29) is 16.9 Å². The molecule has 4 N–H and O–H groups in total. The first-order chi connectivity index (χ1) is 9.45. The molecule has 0 bridgehead atoms. The number of hydrogen-bond acceptors (Lipinski definition) is 7. The Hall–Kier alpha value is -1.41. The van der Waals surface area contributed by atoms with Crippen molar-refractivity contribution >= 4 is 21.5 Å². The number of anilines is 2. The lowest BCUT2D eigenvalue weighted by Crippen LogP contribution is -2.26. The van der Waals surface area contributed by atoms with E-state index >= 15 is 0 Å². The second kappa shape index (κ2) is 5.92. The van der Waals surface area contributed by atoms with Gasteiger partial charge in [0, 0.05) is 12.1 Å². The number of nitrogens with zero attached hydrogens (tertiary/aromatic N) is 2. The Morgan fingerprint density at radius 2 is 2.10 bits per heavy atom. The van der Waals surface area contributed by atoms with Crippen LogP contribution in [-0.4, -0.2) is 35.9 Å². The van der Waals surface area contributed by atoms with Crippen LogP contribution in [0.5, 0.6) is 0 Å². The van der Waals surface area contributed by atoms with E-state index in [0.29, 0.717) is 24.6 Å². The summed E-state index contributed by atoms with van der Waals surface area (Å²) in [4.78, 5) is 8.29. The van der Waals surface area contributed by atoms with Gasteiger partial charge in [0.2, 0.25) is 0 Å². The molecule has 0 aromatic carbocycles.